The van der Waals surface area contributed by atoms with Gasteiger partial charge in [-0.15, -0.1) is 5.10 Å². The Kier molecular flexibility index (Phi) is 3.62. The van der Waals surface area contributed by atoms with Gasteiger partial charge in [0.15, 0.2) is 0 Å². The summed E-state index contributed by atoms with van der Waals surface area (Å²) in [5.74, 6) is -0.281. The molecule has 1 atom stereocenters. The number of aliphatic hydroxyl groups excluding tert-OH is 1. The van der Waals surface area contributed by atoms with Crippen LogP contribution in [0, 0.1) is 5.92 Å². The normalized spacial score (nSPS) is 12.8. The molecule has 0 aromatic carbocycles. The summed E-state index contributed by atoms with van der Waals surface area (Å²) < 4.78 is 0. The van der Waals surface area contributed by atoms with Crippen LogP contribution in [0.5, 0.6) is 0 Å². The van der Waals surface area contributed by atoms with E-state index in [0.29, 0.717) is 0 Å². The highest BCUT2D eigenvalue weighted by molar-refractivity contribution is 5.90. The SMILES string of the molecule is CC(C)C(O)CNC(=O)c1nc(N)n[nH]1. The minimum absolute atomic E-state index is 0.0181. The molecule has 0 radical (unpaired) electrons. The van der Waals surface area contributed by atoms with Gasteiger partial charge in [-0.1, -0.05) is 13.8 Å². The Morgan fingerprint density at radius 2 is 2.33 bits per heavy atom. The molecule has 1 heterocycles. The minimum Gasteiger partial charge on any atom is -0.391 e. The average Bonchev–Trinajstić information content (AvgIpc) is 2.60. The number of nitrogen functional groups attached to an aromatic ring is 1. The highest BCUT2D eigenvalue weighted by Crippen LogP contribution is 1.99. The summed E-state index contributed by atoms with van der Waals surface area (Å²) in [5, 5.41) is 17.9. The summed E-state index contributed by atoms with van der Waals surface area (Å²) in [6.07, 6.45) is -0.575. The van der Waals surface area contributed by atoms with E-state index in [1.807, 2.05) is 13.8 Å². The van der Waals surface area contributed by atoms with E-state index in [-0.39, 0.29) is 24.2 Å². The topological polar surface area (TPSA) is 117 Å². The molecule has 7 nitrogen and oxygen atoms in total. The van der Waals surface area contributed by atoms with E-state index in [9.17, 15) is 9.90 Å². The van der Waals surface area contributed by atoms with Crippen molar-refractivity contribution in [3.8, 4) is 0 Å². The maximum Gasteiger partial charge on any atom is 0.288 e. The zero-order valence-electron chi connectivity index (χ0n) is 8.69. The number of aromatic nitrogens is 3. The van der Waals surface area contributed by atoms with Gasteiger partial charge in [-0.3, -0.25) is 9.89 Å². The molecule has 1 aromatic heterocycles. The first kappa shape index (κ1) is 11.4. The number of aromatic amines is 1. The summed E-state index contributed by atoms with van der Waals surface area (Å²) in [6, 6.07) is 0. The molecule has 0 aliphatic heterocycles. The van der Waals surface area contributed by atoms with Gasteiger partial charge in [0.1, 0.15) is 0 Å². The number of amides is 1. The van der Waals surface area contributed by atoms with Crippen LogP contribution in [0.4, 0.5) is 5.95 Å². The number of anilines is 1. The van der Waals surface area contributed by atoms with Gasteiger partial charge in [-0.25, -0.2) is 0 Å². The van der Waals surface area contributed by atoms with Crippen LogP contribution in [0.25, 0.3) is 0 Å². The molecule has 0 saturated heterocycles. The smallest absolute Gasteiger partial charge is 0.288 e. The van der Waals surface area contributed by atoms with Crippen molar-refractivity contribution in [3.63, 3.8) is 0 Å². The highest BCUT2D eigenvalue weighted by atomic mass is 16.3. The number of rotatable bonds is 4. The number of H-pyrrole nitrogens is 1. The molecule has 5 N–H and O–H groups in total. The van der Waals surface area contributed by atoms with Crippen LogP contribution in [0.2, 0.25) is 0 Å². The van der Waals surface area contributed by atoms with E-state index >= 15 is 0 Å². The second-order valence-corrected chi connectivity index (χ2v) is 3.56. The largest absolute Gasteiger partial charge is 0.391 e. The Balaban J connectivity index is 2.43. The number of nitrogens with one attached hydrogen (secondary N) is 2. The summed E-state index contributed by atoms with van der Waals surface area (Å²) >= 11 is 0. The predicted octanol–water partition coefficient (Wildman–Crippen LogP) is -0.866. The second kappa shape index (κ2) is 4.74. The zero-order chi connectivity index (χ0) is 11.4. The standard InChI is InChI=1S/C8H15N5O2/c1-4(2)5(14)3-10-7(15)6-11-8(9)13-12-6/h4-5,14H,3H2,1-2H3,(H,10,15)(H3,9,11,12,13). The molecule has 15 heavy (non-hydrogen) atoms. The van der Waals surface area contributed by atoms with E-state index < -0.39 is 12.0 Å². The molecular weight excluding hydrogens is 198 g/mol. The number of nitrogens with two attached hydrogens (primary N) is 1. The fourth-order valence-corrected chi connectivity index (χ4v) is 0.893. The van der Waals surface area contributed by atoms with Gasteiger partial charge in [0, 0.05) is 6.54 Å². The van der Waals surface area contributed by atoms with Crippen LogP contribution >= 0.6 is 0 Å². The lowest BCUT2D eigenvalue weighted by Crippen LogP contribution is -2.35. The summed E-state index contributed by atoms with van der Waals surface area (Å²) in [7, 11) is 0. The van der Waals surface area contributed by atoms with Gasteiger partial charge in [0.25, 0.3) is 5.91 Å². The van der Waals surface area contributed by atoms with Gasteiger partial charge in [0.05, 0.1) is 6.10 Å². The molecule has 0 bridgehead atoms. The molecular formula is C8H15N5O2. The molecule has 1 amide bonds. The number of carbonyl (C=O) groups is 1. The van der Waals surface area contributed by atoms with Gasteiger partial charge in [-0.2, -0.15) is 4.98 Å². The van der Waals surface area contributed by atoms with Crippen LogP contribution in [0.1, 0.15) is 24.5 Å². The van der Waals surface area contributed by atoms with Gasteiger partial charge < -0.3 is 16.2 Å². The highest BCUT2D eigenvalue weighted by Gasteiger charge is 2.14. The third-order valence-corrected chi connectivity index (χ3v) is 1.96. The lowest BCUT2D eigenvalue weighted by molar-refractivity contribution is 0.0862. The Bertz CT molecular complexity index is 336. The Labute approximate surface area is 87.1 Å². The van der Waals surface area contributed by atoms with Crippen molar-refractivity contribution in [2.75, 3.05) is 12.3 Å². The summed E-state index contributed by atoms with van der Waals surface area (Å²) in [4.78, 5) is 15.0. The lowest BCUT2D eigenvalue weighted by atomic mass is 10.1. The van der Waals surface area contributed by atoms with Crippen LogP contribution in [0.15, 0.2) is 0 Å². The monoisotopic (exact) mass is 213 g/mol. The van der Waals surface area contributed by atoms with Crippen molar-refractivity contribution in [2.24, 2.45) is 5.92 Å². The van der Waals surface area contributed by atoms with Crippen molar-refractivity contribution < 1.29 is 9.90 Å². The molecule has 7 heteroatoms. The van der Waals surface area contributed by atoms with Crippen molar-refractivity contribution >= 4 is 11.9 Å². The maximum absolute atomic E-state index is 11.4. The van der Waals surface area contributed by atoms with E-state index in [4.69, 9.17) is 5.73 Å². The van der Waals surface area contributed by atoms with Gasteiger partial charge in [0.2, 0.25) is 11.8 Å². The number of nitrogens with zero attached hydrogens (tertiary/aromatic N) is 2. The molecule has 0 spiro atoms. The second-order valence-electron chi connectivity index (χ2n) is 3.56. The molecule has 0 saturated carbocycles. The Morgan fingerprint density at radius 1 is 1.67 bits per heavy atom. The zero-order valence-corrected chi connectivity index (χ0v) is 8.69. The third kappa shape index (κ3) is 3.21. The predicted molar refractivity (Wildman–Crippen MR) is 54.0 cm³/mol. The first-order valence-corrected chi connectivity index (χ1v) is 4.65. The first-order valence-electron chi connectivity index (χ1n) is 4.65. The Hall–Kier alpha value is -1.63. The van der Waals surface area contributed by atoms with Gasteiger partial charge >= 0.3 is 0 Å². The summed E-state index contributed by atoms with van der Waals surface area (Å²) in [6.45, 7) is 3.91. The van der Waals surface area contributed by atoms with Crippen LogP contribution in [-0.4, -0.2) is 38.8 Å². The van der Waals surface area contributed by atoms with E-state index in [1.54, 1.807) is 0 Å². The van der Waals surface area contributed by atoms with E-state index in [1.165, 1.54) is 0 Å². The van der Waals surface area contributed by atoms with E-state index in [2.05, 4.69) is 20.5 Å². The lowest BCUT2D eigenvalue weighted by Gasteiger charge is -2.14. The molecule has 1 rings (SSSR count). The average molecular weight is 213 g/mol. The number of hydrogen-bond acceptors (Lipinski definition) is 5. The quantitative estimate of drug-likeness (QED) is 0.519. The Morgan fingerprint density at radius 3 is 2.80 bits per heavy atom. The van der Waals surface area contributed by atoms with Crippen LogP contribution in [0.3, 0.4) is 0 Å². The van der Waals surface area contributed by atoms with Crippen molar-refractivity contribution in [1.82, 2.24) is 20.5 Å². The fraction of sp³-hybridized carbons (Fsp3) is 0.625. The van der Waals surface area contributed by atoms with Crippen molar-refractivity contribution in [1.29, 1.82) is 0 Å². The molecule has 0 aliphatic carbocycles. The third-order valence-electron chi connectivity index (χ3n) is 1.96. The molecule has 0 fully saturated rings. The van der Waals surface area contributed by atoms with Gasteiger partial charge in [-0.05, 0) is 5.92 Å². The van der Waals surface area contributed by atoms with E-state index in [0.717, 1.165) is 0 Å². The molecule has 84 valence electrons. The van der Waals surface area contributed by atoms with Crippen LogP contribution < -0.4 is 11.1 Å². The molecule has 1 unspecified atom stereocenters. The number of hydrogen-bond donors (Lipinski definition) is 4. The number of carbonyl (C=O) groups excluding carboxylic acids is 1. The minimum atomic E-state index is -0.575. The van der Waals surface area contributed by atoms with Crippen LogP contribution in [-0.2, 0) is 0 Å². The molecule has 1 aromatic rings. The van der Waals surface area contributed by atoms with Crippen molar-refractivity contribution in [2.45, 2.75) is 20.0 Å². The number of aliphatic hydroxyl groups is 1. The van der Waals surface area contributed by atoms with Crippen molar-refractivity contribution in [3.05, 3.63) is 5.82 Å². The maximum atomic E-state index is 11.4. The molecule has 0 aliphatic rings. The fourth-order valence-electron chi connectivity index (χ4n) is 0.893. The first-order chi connectivity index (χ1) is 7.00. The summed E-state index contributed by atoms with van der Waals surface area (Å²) in [5.41, 5.74) is 5.24.